The Bertz CT molecular complexity index is 490. The maximum atomic E-state index is 9.10. The van der Waals surface area contributed by atoms with Crippen molar-refractivity contribution in [1.29, 1.82) is 5.26 Å². The van der Waals surface area contributed by atoms with Crippen LogP contribution < -0.4 is 4.74 Å². The summed E-state index contributed by atoms with van der Waals surface area (Å²) in [4.78, 5) is 1.89. The van der Waals surface area contributed by atoms with Crippen molar-refractivity contribution in [1.82, 2.24) is 4.90 Å². The number of methoxy groups -OCH3 is 1. The second kappa shape index (κ2) is 3.96. The van der Waals surface area contributed by atoms with Crippen molar-refractivity contribution in [2.75, 3.05) is 20.2 Å². The van der Waals surface area contributed by atoms with E-state index in [-0.39, 0.29) is 0 Å². The van der Waals surface area contributed by atoms with Gasteiger partial charge in [-0.2, -0.15) is 5.26 Å². The molecule has 1 atom stereocenters. The number of benzene rings is 1. The lowest BCUT2D eigenvalue weighted by molar-refractivity contribution is 0.374. The van der Waals surface area contributed by atoms with Gasteiger partial charge in [0, 0.05) is 19.0 Å². The first-order valence-electron chi connectivity index (χ1n) is 6.17. The normalized spacial score (nSPS) is 21.6. The molecule has 0 aromatic heterocycles. The first-order valence-corrected chi connectivity index (χ1v) is 6.17. The van der Waals surface area contributed by atoms with Crippen LogP contribution in [0.25, 0.3) is 0 Å². The SMILES string of the molecule is COc1ccc2c3c1CCN(C#N)CC3CC2. The van der Waals surface area contributed by atoms with Crippen molar-refractivity contribution in [3.63, 3.8) is 0 Å². The molecule has 1 aliphatic heterocycles. The van der Waals surface area contributed by atoms with E-state index >= 15 is 0 Å². The Kier molecular flexibility index (Phi) is 2.44. The van der Waals surface area contributed by atoms with E-state index in [0.29, 0.717) is 5.92 Å². The topological polar surface area (TPSA) is 36.3 Å². The molecule has 2 aliphatic rings. The van der Waals surface area contributed by atoms with Crippen LogP contribution in [0.5, 0.6) is 5.75 Å². The molecule has 0 N–H and O–H groups in total. The van der Waals surface area contributed by atoms with Gasteiger partial charge in [0.05, 0.1) is 7.11 Å². The van der Waals surface area contributed by atoms with Crippen LogP contribution in [-0.4, -0.2) is 25.1 Å². The molecule has 3 nitrogen and oxygen atoms in total. The summed E-state index contributed by atoms with van der Waals surface area (Å²) >= 11 is 0. The summed E-state index contributed by atoms with van der Waals surface area (Å²) in [5.41, 5.74) is 4.28. The van der Waals surface area contributed by atoms with Gasteiger partial charge >= 0.3 is 0 Å². The standard InChI is InChI=1S/C14H16N2O/c1-17-13-5-4-10-2-3-11-8-16(9-15)7-6-12(13)14(10)11/h4-5,11H,2-3,6-8H2,1H3. The van der Waals surface area contributed by atoms with E-state index in [9.17, 15) is 0 Å². The van der Waals surface area contributed by atoms with Crippen molar-refractivity contribution >= 4 is 0 Å². The summed E-state index contributed by atoms with van der Waals surface area (Å²) < 4.78 is 5.47. The summed E-state index contributed by atoms with van der Waals surface area (Å²) in [6, 6.07) is 4.28. The van der Waals surface area contributed by atoms with Crippen LogP contribution in [0.15, 0.2) is 12.1 Å². The largest absolute Gasteiger partial charge is 0.496 e. The van der Waals surface area contributed by atoms with Crippen LogP contribution in [0.4, 0.5) is 0 Å². The highest BCUT2D eigenvalue weighted by Crippen LogP contribution is 2.41. The highest BCUT2D eigenvalue weighted by molar-refractivity contribution is 5.50. The number of nitrogens with zero attached hydrogens (tertiary/aromatic N) is 2. The average Bonchev–Trinajstić information content (AvgIpc) is 2.66. The number of aryl methyl sites for hydroxylation is 1. The molecule has 17 heavy (non-hydrogen) atoms. The first-order chi connectivity index (χ1) is 8.33. The van der Waals surface area contributed by atoms with Crippen molar-refractivity contribution in [2.45, 2.75) is 25.2 Å². The lowest BCUT2D eigenvalue weighted by Gasteiger charge is -2.16. The molecular weight excluding hydrogens is 212 g/mol. The van der Waals surface area contributed by atoms with Gasteiger partial charge in [-0.3, -0.25) is 0 Å². The molecule has 0 saturated heterocycles. The second-order valence-corrected chi connectivity index (χ2v) is 4.85. The minimum atomic E-state index is 0.525. The van der Waals surface area contributed by atoms with E-state index in [4.69, 9.17) is 10.00 Å². The third-order valence-electron chi connectivity index (χ3n) is 4.01. The molecule has 1 unspecified atom stereocenters. The molecule has 1 aromatic carbocycles. The van der Waals surface area contributed by atoms with Crippen molar-refractivity contribution in [2.24, 2.45) is 0 Å². The Balaban J connectivity index is 2.10. The van der Waals surface area contributed by atoms with Crippen LogP contribution in [0.1, 0.15) is 29.0 Å². The zero-order chi connectivity index (χ0) is 11.8. The van der Waals surface area contributed by atoms with Gasteiger partial charge in [0.25, 0.3) is 0 Å². The van der Waals surface area contributed by atoms with Gasteiger partial charge in [0.15, 0.2) is 6.19 Å². The number of hydrogen-bond acceptors (Lipinski definition) is 3. The summed E-state index contributed by atoms with van der Waals surface area (Å²) in [7, 11) is 1.73. The molecule has 0 amide bonds. The Morgan fingerprint density at radius 1 is 1.41 bits per heavy atom. The fraction of sp³-hybridized carbons (Fsp3) is 0.500. The number of nitriles is 1. The highest BCUT2D eigenvalue weighted by Gasteiger charge is 2.31. The van der Waals surface area contributed by atoms with Crippen LogP contribution in [-0.2, 0) is 12.8 Å². The minimum Gasteiger partial charge on any atom is -0.496 e. The van der Waals surface area contributed by atoms with Gasteiger partial charge in [-0.1, -0.05) is 6.07 Å². The Labute approximate surface area is 102 Å². The molecule has 1 heterocycles. The number of hydrogen-bond donors (Lipinski definition) is 0. The molecular formula is C14H16N2O. The van der Waals surface area contributed by atoms with Gasteiger partial charge < -0.3 is 9.64 Å². The molecule has 1 aliphatic carbocycles. The van der Waals surface area contributed by atoms with Crippen molar-refractivity contribution < 1.29 is 4.74 Å². The Morgan fingerprint density at radius 3 is 3.06 bits per heavy atom. The van der Waals surface area contributed by atoms with Gasteiger partial charge in [-0.25, -0.2) is 0 Å². The van der Waals surface area contributed by atoms with E-state index in [1.165, 1.54) is 23.1 Å². The van der Waals surface area contributed by atoms with Gasteiger partial charge in [0.2, 0.25) is 0 Å². The van der Waals surface area contributed by atoms with Crippen LogP contribution in [0.2, 0.25) is 0 Å². The fourth-order valence-corrected chi connectivity index (χ4v) is 3.22. The second-order valence-electron chi connectivity index (χ2n) is 4.85. The van der Waals surface area contributed by atoms with Crippen molar-refractivity contribution in [3.05, 3.63) is 28.8 Å². The van der Waals surface area contributed by atoms with E-state index in [1.54, 1.807) is 7.11 Å². The molecule has 0 fully saturated rings. The maximum absolute atomic E-state index is 9.10. The first kappa shape index (κ1) is 10.5. The highest BCUT2D eigenvalue weighted by atomic mass is 16.5. The zero-order valence-corrected chi connectivity index (χ0v) is 10.1. The van der Waals surface area contributed by atoms with Crippen LogP contribution >= 0.6 is 0 Å². The number of ether oxygens (including phenoxy) is 1. The van der Waals surface area contributed by atoms with E-state index in [0.717, 1.165) is 31.7 Å². The van der Waals surface area contributed by atoms with E-state index < -0.39 is 0 Å². The summed E-state index contributed by atoms with van der Waals surface area (Å²) in [6.07, 6.45) is 5.55. The third-order valence-corrected chi connectivity index (χ3v) is 4.01. The summed E-state index contributed by atoms with van der Waals surface area (Å²) in [5.74, 6) is 1.52. The van der Waals surface area contributed by atoms with E-state index in [2.05, 4.69) is 18.3 Å². The predicted molar refractivity (Wildman–Crippen MR) is 64.9 cm³/mol. The average molecular weight is 228 g/mol. The molecule has 0 bridgehead atoms. The summed E-state index contributed by atoms with van der Waals surface area (Å²) in [6.45, 7) is 1.70. The van der Waals surface area contributed by atoms with Crippen LogP contribution in [0.3, 0.4) is 0 Å². The summed E-state index contributed by atoms with van der Waals surface area (Å²) in [5, 5.41) is 9.10. The zero-order valence-electron chi connectivity index (χ0n) is 10.1. The van der Waals surface area contributed by atoms with Gasteiger partial charge in [-0.05, 0) is 42.0 Å². The quantitative estimate of drug-likeness (QED) is 0.690. The third kappa shape index (κ3) is 1.56. The van der Waals surface area contributed by atoms with Crippen LogP contribution in [0, 0.1) is 11.5 Å². The van der Waals surface area contributed by atoms with E-state index in [1.807, 2.05) is 4.90 Å². The lowest BCUT2D eigenvalue weighted by atomic mass is 9.94. The Hall–Kier alpha value is -1.69. The predicted octanol–water partition coefficient (Wildman–Crippen LogP) is 2.06. The minimum absolute atomic E-state index is 0.525. The Morgan fingerprint density at radius 2 is 2.29 bits per heavy atom. The smallest absolute Gasteiger partial charge is 0.179 e. The lowest BCUT2D eigenvalue weighted by Crippen LogP contribution is -2.22. The molecule has 0 spiro atoms. The maximum Gasteiger partial charge on any atom is 0.179 e. The number of rotatable bonds is 1. The fourth-order valence-electron chi connectivity index (χ4n) is 3.22. The molecule has 0 saturated carbocycles. The molecule has 0 radical (unpaired) electrons. The molecule has 1 aromatic rings. The molecule has 3 heteroatoms. The monoisotopic (exact) mass is 228 g/mol. The molecule has 88 valence electrons. The van der Waals surface area contributed by atoms with Gasteiger partial charge in [0.1, 0.15) is 5.75 Å². The van der Waals surface area contributed by atoms with Crippen molar-refractivity contribution in [3.8, 4) is 11.9 Å². The van der Waals surface area contributed by atoms with Gasteiger partial charge in [-0.15, -0.1) is 0 Å². The molecule has 3 rings (SSSR count).